The van der Waals surface area contributed by atoms with Crippen LogP contribution in [0.25, 0.3) is 0 Å². The molecule has 1 amide bonds. The lowest BCUT2D eigenvalue weighted by Crippen LogP contribution is -2.42. The second-order valence-electron chi connectivity index (χ2n) is 6.35. The van der Waals surface area contributed by atoms with Crippen molar-refractivity contribution >= 4 is 5.91 Å². The number of likely N-dealkylation sites (tertiary alicyclic amines) is 1. The highest BCUT2D eigenvalue weighted by molar-refractivity contribution is 5.79. The molecule has 3 nitrogen and oxygen atoms in total. The topological polar surface area (TPSA) is 32.3 Å². The lowest BCUT2D eigenvalue weighted by Gasteiger charge is -2.31. The number of nitrogens with zero attached hydrogens (tertiary/aromatic N) is 1. The zero-order valence-corrected chi connectivity index (χ0v) is 13.6. The molecule has 1 heterocycles. The Balaban J connectivity index is 1.77. The smallest absolute Gasteiger partial charge is 0.223 e. The van der Waals surface area contributed by atoms with Crippen molar-refractivity contribution in [1.82, 2.24) is 10.2 Å². The minimum Gasteiger partial charge on any atom is -0.353 e. The van der Waals surface area contributed by atoms with E-state index in [2.05, 4.69) is 55.3 Å². The molecule has 2 rings (SSSR count). The summed E-state index contributed by atoms with van der Waals surface area (Å²) in [5, 5.41) is 3.11. The first-order chi connectivity index (χ1) is 10.1. The van der Waals surface area contributed by atoms with E-state index >= 15 is 0 Å². The molecular formula is C18H28N2O. The molecule has 1 atom stereocenters. The van der Waals surface area contributed by atoms with Crippen molar-refractivity contribution in [3.8, 4) is 0 Å². The molecule has 3 heteroatoms. The number of piperidine rings is 1. The third-order valence-corrected chi connectivity index (χ3v) is 4.49. The van der Waals surface area contributed by atoms with Crippen molar-refractivity contribution in [3.63, 3.8) is 0 Å². The van der Waals surface area contributed by atoms with Crippen LogP contribution in [0, 0.1) is 12.8 Å². The van der Waals surface area contributed by atoms with Gasteiger partial charge in [0.05, 0.1) is 0 Å². The first kappa shape index (κ1) is 16.0. The second-order valence-corrected chi connectivity index (χ2v) is 6.35. The number of hydrogen-bond acceptors (Lipinski definition) is 2. The molecule has 116 valence electrons. The summed E-state index contributed by atoms with van der Waals surface area (Å²) in [6.45, 7) is 9.34. The molecule has 1 aliphatic rings. The molecule has 0 aliphatic carbocycles. The normalized spacial score (nSPS) is 18.4. The molecule has 0 radical (unpaired) electrons. The molecule has 21 heavy (non-hydrogen) atoms. The summed E-state index contributed by atoms with van der Waals surface area (Å²) >= 11 is 0. The van der Waals surface area contributed by atoms with Crippen molar-refractivity contribution in [2.24, 2.45) is 5.92 Å². The zero-order valence-electron chi connectivity index (χ0n) is 13.6. The van der Waals surface area contributed by atoms with Crippen LogP contribution in [-0.2, 0) is 11.3 Å². The van der Waals surface area contributed by atoms with Crippen LogP contribution in [-0.4, -0.2) is 29.9 Å². The fourth-order valence-corrected chi connectivity index (χ4v) is 2.77. The van der Waals surface area contributed by atoms with Crippen molar-refractivity contribution in [2.45, 2.75) is 52.6 Å². The summed E-state index contributed by atoms with van der Waals surface area (Å²) < 4.78 is 0. The van der Waals surface area contributed by atoms with E-state index < -0.39 is 0 Å². The molecule has 0 aromatic heterocycles. The van der Waals surface area contributed by atoms with E-state index in [0.29, 0.717) is 6.04 Å². The Morgan fingerprint density at radius 1 is 1.29 bits per heavy atom. The van der Waals surface area contributed by atoms with Gasteiger partial charge in [-0.05, 0) is 51.8 Å². The standard InChI is InChI=1S/C18H28N2O/c1-4-15(3)19-18(21)17-9-11-20(12-10-17)13-16-7-5-14(2)6-8-16/h5-8,15,17H,4,9-13H2,1-3H3,(H,19,21)/t15-/m1/s1. The first-order valence-corrected chi connectivity index (χ1v) is 8.16. The Kier molecular flexibility index (Phi) is 5.80. The number of carbonyl (C=O) groups excluding carboxylic acids is 1. The summed E-state index contributed by atoms with van der Waals surface area (Å²) in [5.74, 6) is 0.451. The van der Waals surface area contributed by atoms with Gasteiger partial charge in [0.15, 0.2) is 0 Å². The predicted molar refractivity (Wildman–Crippen MR) is 87.1 cm³/mol. The van der Waals surface area contributed by atoms with E-state index in [0.717, 1.165) is 38.9 Å². The van der Waals surface area contributed by atoms with Crippen LogP contribution < -0.4 is 5.32 Å². The number of aryl methyl sites for hydroxylation is 1. The van der Waals surface area contributed by atoms with Crippen LogP contribution in [0.4, 0.5) is 0 Å². The predicted octanol–water partition coefficient (Wildman–Crippen LogP) is 3.12. The Hall–Kier alpha value is -1.35. The number of hydrogen-bond donors (Lipinski definition) is 1. The summed E-state index contributed by atoms with van der Waals surface area (Å²) in [5.41, 5.74) is 2.67. The van der Waals surface area contributed by atoms with E-state index in [9.17, 15) is 4.79 Å². The molecule has 0 unspecified atom stereocenters. The molecule has 0 spiro atoms. The zero-order chi connectivity index (χ0) is 15.2. The molecule has 0 bridgehead atoms. The Morgan fingerprint density at radius 2 is 1.90 bits per heavy atom. The van der Waals surface area contributed by atoms with Gasteiger partial charge in [0.1, 0.15) is 0 Å². The van der Waals surface area contributed by atoms with Crippen molar-refractivity contribution < 1.29 is 4.79 Å². The highest BCUT2D eigenvalue weighted by atomic mass is 16.1. The molecule has 1 saturated heterocycles. The van der Waals surface area contributed by atoms with E-state index in [4.69, 9.17) is 0 Å². The number of rotatable bonds is 5. The molecule has 1 fully saturated rings. The van der Waals surface area contributed by atoms with Crippen LogP contribution in [0.2, 0.25) is 0 Å². The summed E-state index contributed by atoms with van der Waals surface area (Å²) in [6, 6.07) is 9.04. The quantitative estimate of drug-likeness (QED) is 0.903. The van der Waals surface area contributed by atoms with Gasteiger partial charge >= 0.3 is 0 Å². The van der Waals surface area contributed by atoms with E-state index in [1.54, 1.807) is 0 Å². The molecule has 1 aliphatic heterocycles. The maximum atomic E-state index is 12.1. The van der Waals surface area contributed by atoms with Gasteiger partial charge in [-0.1, -0.05) is 36.8 Å². The molecule has 1 aromatic carbocycles. The third-order valence-electron chi connectivity index (χ3n) is 4.49. The molecule has 1 aromatic rings. The van der Waals surface area contributed by atoms with Crippen LogP contribution in [0.1, 0.15) is 44.2 Å². The number of benzene rings is 1. The van der Waals surface area contributed by atoms with Gasteiger partial charge in [-0.3, -0.25) is 9.69 Å². The summed E-state index contributed by atoms with van der Waals surface area (Å²) in [6.07, 6.45) is 2.96. The SMILES string of the molecule is CC[C@@H](C)NC(=O)C1CCN(Cc2ccc(C)cc2)CC1. The van der Waals surface area contributed by atoms with Gasteiger partial charge in [-0.15, -0.1) is 0 Å². The third kappa shape index (κ3) is 4.85. The summed E-state index contributed by atoms with van der Waals surface area (Å²) in [7, 11) is 0. The van der Waals surface area contributed by atoms with Crippen molar-refractivity contribution in [3.05, 3.63) is 35.4 Å². The average molecular weight is 288 g/mol. The highest BCUT2D eigenvalue weighted by Crippen LogP contribution is 2.19. The molecule has 1 N–H and O–H groups in total. The average Bonchev–Trinajstić information content (AvgIpc) is 2.50. The largest absolute Gasteiger partial charge is 0.353 e. The maximum Gasteiger partial charge on any atom is 0.223 e. The lowest BCUT2D eigenvalue weighted by atomic mass is 9.95. The van der Waals surface area contributed by atoms with Crippen LogP contribution >= 0.6 is 0 Å². The number of amides is 1. The number of nitrogens with one attached hydrogen (secondary N) is 1. The van der Waals surface area contributed by atoms with Crippen molar-refractivity contribution in [1.29, 1.82) is 0 Å². The van der Waals surface area contributed by atoms with Crippen LogP contribution in [0.15, 0.2) is 24.3 Å². The lowest BCUT2D eigenvalue weighted by molar-refractivity contribution is -0.127. The summed E-state index contributed by atoms with van der Waals surface area (Å²) in [4.78, 5) is 14.6. The number of carbonyl (C=O) groups is 1. The Labute approximate surface area is 128 Å². The minimum absolute atomic E-state index is 0.202. The van der Waals surface area contributed by atoms with Crippen molar-refractivity contribution in [2.75, 3.05) is 13.1 Å². The highest BCUT2D eigenvalue weighted by Gasteiger charge is 2.25. The minimum atomic E-state index is 0.202. The van der Waals surface area contributed by atoms with Gasteiger partial charge in [-0.2, -0.15) is 0 Å². The van der Waals surface area contributed by atoms with Crippen LogP contribution in [0.3, 0.4) is 0 Å². The molecular weight excluding hydrogens is 260 g/mol. The van der Waals surface area contributed by atoms with Crippen LogP contribution in [0.5, 0.6) is 0 Å². The van der Waals surface area contributed by atoms with E-state index in [1.807, 2.05) is 0 Å². The monoisotopic (exact) mass is 288 g/mol. The van der Waals surface area contributed by atoms with E-state index in [-0.39, 0.29) is 11.8 Å². The van der Waals surface area contributed by atoms with Gasteiger partial charge < -0.3 is 5.32 Å². The van der Waals surface area contributed by atoms with Gasteiger partial charge in [0, 0.05) is 18.5 Å². The van der Waals surface area contributed by atoms with Gasteiger partial charge in [0.25, 0.3) is 0 Å². The second kappa shape index (κ2) is 7.60. The Bertz CT molecular complexity index is 447. The fourth-order valence-electron chi connectivity index (χ4n) is 2.77. The van der Waals surface area contributed by atoms with Gasteiger partial charge in [-0.25, -0.2) is 0 Å². The molecule has 0 saturated carbocycles. The first-order valence-electron chi connectivity index (χ1n) is 8.16. The maximum absolute atomic E-state index is 12.1. The van der Waals surface area contributed by atoms with E-state index in [1.165, 1.54) is 11.1 Å². The van der Waals surface area contributed by atoms with Gasteiger partial charge in [0.2, 0.25) is 5.91 Å². The fraction of sp³-hybridized carbons (Fsp3) is 0.611. The Morgan fingerprint density at radius 3 is 2.48 bits per heavy atom.